The molecule has 4 amide bonds. The van der Waals surface area contributed by atoms with Crippen molar-refractivity contribution in [3.8, 4) is 0 Å². The van der Waals surface area contributed by atoms with Gasteiger partial charge in [0.05, 0.1) is 0 Å². The van der Waals surface area contributed by atoms with E-state index < -0.39 is 17.8 Å². The summed E-state index contributed by atoms with van der Waals surface area (Å²) in [4.78, 5) is 33.2. The second-order valence-corrected chi connectivity index (χ2v) is 2.84. The van der Waals surface area contributed by atoms with Gasteiger partial charge in [-0.25, -0.2) is 4.79 Å². The largest absolute Gasteiger partial charge is 0.328 e. The number of nitrogens with one attached hydrogen (secondary N) is 2. The number of rotatable bonds is 2. The molecule has 0 aliphatic heterocycles. The fourth-order valence-corrected chi connectivity index (χ4v) is 0.959. The van der Waals surface area contributed by atoms with Gasteiger partial charge in [-0.2, -0.15) is 0 Å². The van der Waals surface area contributed by atoms with Gasteiger partial charge in [-0.15, -0.1) is 0 Å². The molecular weight excluding hydrogens is 208 g/mol. The van der Waals surface area contributed by atoms with Crippen LogP contribution in [0, 0.1) is 0 Å². The molecule has 0 heterocycles. The first kappa shape index (κ1) is 11.6. The van der Waals surface area contributed by atoms with Crippen LogP contribution in [0.2, 0.25) is 0 Å². The van der Waals surface area contributed by atoms with E-state index in [9.17, 15) is 14.4 Å². The monoisotopic (exact) mass is 218 g/mol. The van der Waals surface area contributed by atoms with E-state index in [1.165, 1.54) is 0 Å². The number of urea groups is 1. The van der Waals surface area contributed by atoms with Gasteiger partial charge >= 0.3 is 6.03 Å². The van der Waals surface area contributed by atoms with E-state index >= 15 is 0 Å². The maximum Gasteiger partial charge on any atom is 0.328 e. The fraction of sp³-hybridized carbons (Fsp3) is 0. The van der Waals surface area contributed by atoms with E-state index in [2.05, 4.69) is 6.58 Å². The van der Waals surface area contributed by atoms with E-state index in [1.807, 2.05) is 10.6 Å². The average molecular weight is 218 g/mol. The minimum Gasteiger partial charge on any atom is -0.274 e. The van der Waals surface area contributed by atoms with Crippen LogP contribution in [0.15, 0.2) is 43.0 Å². The van der Waals surface area contributed by atoms with Gasteiger partial charge in [0, 0.05) is 5.56 Å². The lowest BCUT2D eigenvalue weighted by atomic mass is 10.2. The predicted molar refractivity (Wildman–Crippen MR) is 57.6 cm³/mol. The first-order valence-corrected chi connectivity index (χ1v) is 4.47. The summed E-state index contributed by atoms with van der Waals surface area (Å²) in [6.45, 7) is 3.17. The first-order valence-electron chi connectivity index (χ1n) is 4.47. The van der Waals surface area contributed by atoms with Crippen molar-refractivity contribution in [2.24, 2.45) is 0 Å². The van der Waals surface area contributed by atoms with Crippen molar-refractivity contribution in [2.75, 3.05) is 0 Å². The van der Waals surface area contributed by atoms with Crippen LogP contribution in [0.25, 0.3) is 0 Å². The van der Waals surface area contributed by atoms with Crippen LogP contribution in [0.4, 0.5) is 4.79 Å². The number of carbonyl (C=O) groups excluding carboxylic acids is 3. The molecule has 1 aromatic rings. The van der Waals surface area contributed by atoms with Gasteiger partial charge in [0.15, 0.2) is 0 Å². The molecule has 0 aliphatic rings. The highest BCUT2D eigenvalue weighted by atomic mass is 16.2. The van der Waals surface area contributed by atoms with Crippen molar-refractivity contribution >= 4 is 17.8 Å². The van der Waals surface area contributed by atoms with Gasteiger partial charge < -0.3 is 0 Å². The third-order valence-electron chi connectivity index (χ3n) is 1.69. The fourth-order valence-electron chi connectivity index (χ4n) is 0.959. The first-order chi connectivity index (χ1) is 7.63. The Morgan fingerprint density at radius 2 is 1.69 bits per heavy atom. The Labute approximate surface area is 92.2 Å². The molecule has 0 unspecified atom stereocenters. The van der Waals surface area contributed by atoms with E-state index in [0.717, 1.165) is 6.08 Å². The summed E-state index contributed by atoms with van der Waals surface area (Å²) in [5.74, 6) is -1.24. The summed E-state index contributed by atoms with van der Waals surface area (Å²) in [5.41, 5.74) is 0.337. The highest BCUT2D eigenvalue weighted by Crippen LogP contribution is 1.97. The molecule has 1 rings (SSSR count). The number of imide groups is 2. The maximum absolute atomic E-state index is 11.4. The Hall–Kier alpha value is -2.43. The lowest BCUT2D eigenvalue weighted by Gasteiger charge is -2.03. The summed E-state index contributed by atoms with van der Waals surface area (Å²) in [7, 11) is 0. The third-order valence-corrected chi connectivity index (χ3v) is 1.69. The van der Waals surface area contributed by atoms with Crippen molar-refractivity contribution in [1.29, 1.82) is 0 Å². The summed E-state index contributed by atoms with van der Waals surface area (Å²) < 4.78 is 0. The molecule has 0 saturated carbocycles. The smallest absolute Gasteiger partial charge is 0.274 e. The molecular formula is C11H10N2O3. The van der Waals surface area contributed by atoms with Crippen LogP contribution in [0.3, 0.4) is 0 Å². The van der Waals surface area contributed by atoms with Gasteiger partial charge in [0.2, 0.25) is 0 Å². The van der Waals surface area contributed by atoms with Crippen molar-refractivity contribution in [2.45, 2.75) is 0 Å². The zero-order chi connectivity index (χ0) is 12.0. The normalized spacial score (nSPS) is 9.00. The van der Waals surface area contributed by atoms with Gasteiger partial charge in [-0.1, -0.05) is 24.8 Å². The Balaban J connectivity index is 2.56. The van der Waals surface area contributed by atoms with E-state index in [4.69, 9.17) is 0 Å². The molecule has 0 aliphatic carbocycles. The highest BCUT2D eigenvalue weighted by molar-refractivity contribution is 6.09. The van der Waals surface area contributed by atoms with Crippen LogP contribution < -0.4 is 10.6 Å². The van der Waals surface area contributed by atoms with Crippen molar-refractivity contribution in [3.05, 3.63) is 48.6 Å². The highest BCUT2D eigenvalue weighted by Gasteiger charge is 2.10. The molecule has 0 saturated heterocycles. The molecule has 0 radical (unpaired) electrons. The van der Waals surface area contributed by atoms with Crippen LogP contribution in [-0.2, 0) is 4.79 Å². The molecule has 0 bridgehead atoms. The van der Waals surface area contributed by atoms with Gasteiger partial charge in [-0.05, 0) is 18.2 Å². The Bertz CT molecular complexity index is 426. The van der Waals surface area contributed by atoms with Crippen LogP contribution in [-0.4, -0.2) is 17.8 Å². The Kier molecular flexibility index (Phi) is 3.97. The number of hydrogen-bond acceptors (Lipinski definition) is 3. The molecule has 82 valence electrons. The molecule has 5 nitrogen and oxygen atoms in total. The minimum absolute atomic E-state index is 0.337. The summed E-state index contributed by atoms with van der Waals surface area (Å²) in [5, 5.41) is 3.91. The molecule has 2 N–H and O–H groups in total. The van der Waals surface area contributed by atoms with Gasteiger partial charge in [0.1, 0.15) is 0 Å². The quantitative estimate of drug-likeness (QED) is 0.722. The van der Waals surface area contributed by atoms with Crippen LogP contribution in [0.5, 0.6) is 0 Å². The Morgan fingerprint density at radius 1 is 1.06 bits per heavy atom. The molecule has 0 spiro atoms. The average Bonchev–Trinajstić information content (AvgIpc) is 2.29. The number of benzene rings is 1. The zero-order valence-corrected chi connectivity index (χ0v) is 8.40. The topological polar surface area (TPSA) is 75.3 Å². The van der Waals surface area contributed by atoms with Crippen LogP contribution >= 0.6 is 0 Å². The molecule has 5 heteroatoms. The molecule has 16 heavy (non-hydrogen) atoms. The lowest BCUT2D eigenvalue weighted by molar-refractivity contribution is -0.115. The standard InChI is InChI=1S/C11H10N2O3/c1-2-9(14)12-11(16)13-10(15)8-6-4-3-5-7-8/h2-7H,1H2,(H2,12,13,14,15,16). The Morgan fingerprint density at radius 3 is 2.25 bits per heavy atom. The summed E-state index contributed by atoms with van der Waals surface area (Å²) in [6.07, 6.45) is 0.937. The molecule has 0 atom stereocenters. The third kappa shape index (κ3) is 3.38. The van der Waals surface area contributed by atoms with Crippen LogP contribution in [0.1, 0.15) is 10.4 Å². The minimum atomic E-state index is -0.876. The van der Waals surface area contributed by atoms with Gasteiger partial charge in [-0.3, -0.25) is 20.2 Å². The lowest BCUT2D eigenvalue weighted by Crippen LogP contribution is -2.41. The van der Waals surface area contributed by atoms with E-state index in [0.29, 0.717) is 5.56 Å². The summed E-state index contributed by atoms with van der Waals surface area (Å²) >= 11 is 0. The van der Waals surface area contributed by atoms with Crippen molar-refractivity contribution in [3.63, 3.8) is 0 Å². The second-order valence-electron chi connectivity index (χ2n) is 2.84. The number of amides is 4. The summed E-state index contributed by atoms with van der Waals surface area (Å²) in [6, 6.07) is 7.32. The van der Waals surface area contributed by atoms with E-state index in [1.54, 1.807) is 30.3 Å². The SMILES string of the molecule is C=CC(=O)NC(=O)NC(=O)c1ccccc1. The maximum atomic E-state index is 11.4. The van der Waals surface area contributed by atoms with Crippen molar-refractivity contribution in [1.82, 2.24) is 10.6 Å². The predicted octanol–water partition coefficient (Wildman–Crippen LogP) is 0.839. The number of carbonyl (C=O) groups is 3. The second kappa shape index (κ2) is 5.45. The molecule has 0 aromatic heterocycles. The zero-order valence-electron chi connectivity index (χ0n) is 8.40. The van der Waals surface area contributed by atoms with E-state index in [-0.39, 0.29) is 0 Å². The number of hydrogen-bond donors (Lipinski definition) is 2. The molecule has 0 fully saturated rings. The molecule has 1 aromatic carbocycles. The van der Waals surface area contributed by atoms with Gasteiger partial charge in [0.25, 0.3) is 11.8 Å². The van der Waals surface area contributed by atoms with Crippen molar-refractivity contribution < 1.29 is 14.4 Å².